The molecule has 1 aliphatic rings. The maximum Gasteiger partial charge on any atom is 0.254 e. The Morgan fingerprint density at radius 3 is 2.48 bits per heavy atom. The van der Waals surface area contributed by atoms with E-state index in [4.69, 9.17) is 4.74 Å². The highest BCUT2D eigenvalue weighted by atomic mass is 19.1. The van der Waals surface area contributed by atoms with Gasteiger partial charge in [0.05, 0.1) is 11.7 Å². The first-order chi connectivity index (χ1) is 13.9. The molecule has 1 aliphatic heterocycles. The van der Waals surface area contributed by atoms with Crippen LogP contribution < -0.4 is 10.6 Å². The third-order valence-electron chi connectivity index (χ3n) is 4.70. The van der Waals surface area contributed by atoms with E-state index in [2.05, 4.69) is 10.6 Å². The van der Waals surface area contributed by atoms with Crippen LogP contribution in [0.5, 0.6) is 0 Å². The van der Waals surface area contributed by atoms with E-state index in [1.54, 1.807) is 12.1 Å². The highest BCUT2D eigenvalue weighted by Gasteiger charge is 2.25. The number of halogens is 3. The maximum absolute atomic E-state index is 13.6. The van der Waals surface area contributed by atoms with Gasteiger partial charge in [-0.1, -0.05) is 12.1 Å². The minimum absolute atomic E-state index is 0.0199. The van der Waals surface area contributed by atoms with E-state index in [0.29, 0.717) is 25.5 Å². The van der Waals surface area contributed by atoms with E-state index in [0.717, 1.165) is 17.7 Å². The molecule has 0 aliphatic carbocycles. The van der Waals surface area contributed by atoms with Crippen LogP contribution in [0.4, 0.5) is 13.2 Å². The van der Waals surface area contributed by atoms with Crippen LogP contribution in [0.2, 0.25) is 0 Å². The lowest BCUT2D eigenvalue weighted by Gasteiger charge is -2.30. The lowest BCUT2D eigenvalue weighted by molar-refractivity contribution is -0.122. The van der Waals surface area contributed by atoms with E-state index in [9.17, 15) is 22.8 Å². The summed E-state index contributed by atoms with van der Waals surface area (Å²) in [5.74, 6) is -3.01. The van der Waals surface area contributed by atoms with Crippen molar-refractivity contribution in [2.45, 2.75) is 31.4 Å². The fourth-order valence-corrected chi connectivity index (χ4v) is 3.20. The summed E-state index contributed by atoms with van der Waals surface area (Å²) in [6, 6.07) is 8.63. The van der Waals surface area contributed by atoms with Gasteiger partial charge in [0.25, 0.3) is 5.91 Å². The van der Waals surface area contributed by atoms with Gasteiger partial charge in [-0.15, -0.1) is 0 Å². The van der Waals surface area contributed by atoms with Crippen LogP contribution in [0, 0.1) is 17.5 Å². The zero-order chi connectivity index (χ0) is 20.8. The maximum atomic E-state index is 13.6. The molecule has 0 radical (unpaired) electrons. The molecule has 0 aromatic heterocycles. The Morgan fingerprint density at radius 2 is 1.76 bits per heavy atom. The van der Waals surface area contributed by atoms with Crippen molar-refractivity contribution in [3.05, 3.63) is 71.0 Å². The summed E-state index contributed by atoms with van der Waals surface area (Å²) < 4.78 is 45.2. The molecule has 1 fully saturated rings. The van der Waals surface area contributed by atoms with Crippen LogP contribution in [0.15, 0.2) is 42.5 Å². The van der Waals surface area contributed by atoms with Crippen molar-refractivity contribution < 1.29 is 27.5 Å². The van der Waals surface area contributed by atoms with Gasteiger partial charge in [-0.3, -0.25) is 9.59 Å². The first-order valence-electron chi connectivity index (χ1n) is 9.32. The molecule has 0 saturated carbocycles. The number of benzene rings is 2. The van der Waals surface area contributed by atoms with Crippen LogP contribution in [-0.2, 0) is 9.53 Å². The van der Waals surface area contributed by atoms with Crippen molar-refractivity contribution >= 4 is 11.8 Å². The second-order valence-corrected chi connectivity index (χ2v) is 6.83. The number of ether oxygens (including phenoxy) is 1. The number of amides is 2. The molecule has 1 saturated heterocycles. The molecule has 1 heterocycles. The highest BCUT2D eigenvalue weighted by molar-refractivity contribution is 5.94. The molecular weight excluding hydrogens is 385 g/mol. The molecule has 5 nitrogen and oxygen atoms in total. The summed E-state index contributed by atoms with van der Waals surface area (Å²) in [4.78, 5) is 24.1. The summed E-state index contributed by atoms with van der Waals surface area (Å²) in [5.41, 5.74) is 0.567. The fraction of sp³-hybridized carbons (Fsp3) is 0.333. The molecule has 2 atom stereocenters. The molecule has 154 valence electrons. The van der Waals surface area contributed by atoms with Crippen molar-refractivity contribution in [1.82, 2.24) is 10.6 Å². The van der Waals surface area contributed by atoms with Crippen molar-refractivity contribution in [1.29, 1.82) is 0 Å². The standard InChI is InChI=1S/C21H21F3N2O3/c22-14-3-1-13(2-4-14)19-12-16(8-10-29-19)26-20(27)7-9-25-21(28)17-6-5-15(23)11-18(17)24/h1-6,11,16,19H,7-10,12H2,(H,25,28)(H,26,27)/t16-,19-/m1/s1. The van der Waals surface area contributed by atoms with E-state index in [-0.39, 0.29) is 42.4 Å². The van der Waals surface area contributed by atoms with Gasteiger partial charge < -0.3 is 15.4 Å². The van der Waals surface area contributed by atoms with Crippen molar-refractivity contribution in [3.63, 3.8) is 0 Å². The summed E-state index contributed by atoms with van der Waals surface area (Å²) in [6.45, 7) is 0.486. The molecular formula is C21H21F3N2O3. The van der Waals surface area contributed by atoms with Gasteiger partial charge in [-0.05, 0) is 42.7 Å². The van der Waals surface area contributed by atoms with Crippen LogP contribution in [-0.4, -0.2) is 31.0 Å². The average molecular weight is 406 g/mol. The molecule has 3 rings (SSSR count). The van der Waals surface area contributed by atoms with E-state index < -0.39 is 17.5 Å². The Morgan fingerprint density at radius 1 is 1.03 bits per heavy atom. The zero-order valence-corrected chi connectivity index (χ0v) is 15.6. The molecule has 2 N–H and O–H groups in total. The topological polar surface area (TPSA) is 67.4 Å². The van der Waals surface area contributed by atoms with Crippen LogP contribution in [0.25, 0.3) is 0 Å². The summed E-state index contributed by atoms with van der Waals surface area (Å²) in [6.07, 6.45) is 1.00. The number of carbonyl (C=O) groups is 2. The molecule has 2 aromatic rings. The number of carbonyl (C=O) groups excluding carboxylic acids is 2. The Kier molecular flexibility index (Phi) is 6.87. The van der Waals surface area contributed by atoms with Crippen molar-refractivity contribution in [2.24, 2.45) is 0 Å². The summed E-state index contributed by atoms with van der Waals surface area (Å²) >= 11 is 0. The predicted octanol–water partition coefficient (Wildman–Crippen LogP) is 3.26. The lowest BCUT2D eigenvalue weighted by Crippen LogP contribution is -2.41. The molecule has 2 aromatic carbocycles. The van der Waals surface area contributed by atoms with Crippen molar-refractivity contribution in [2.75, 3.05) is 13.2 Å². The van der Waals surface area contributed by atoms with Gasteiger partial charge in [0.15, 0.2) is 0 Å². The smallest absolute Gasteiger partial charge is 0.254 e. The van der Waals surface area contributed by atoms with Gasteiger partial charge in [-0.25, -0.2) is 13.2 Å². The van der Waals surface area contributed by atoms with E-state index >= 15 is 0 Å². The van der Waals surface area contributed by atoms with Gasteiger partial charge in [-0.2, -0.15) is 0 Å². The van der Waals surface area contributed by atoms with E-state index in [1.165, 1.54) is 12.1 Å². The molecule has 8 heteroatoms. The minimum Gasteiger partial charge on any atom is -0.373 e. The lowest BCUT2D eigenvalue weighted by atomic mass is 9.97. The third kappa shape index (κ3) is 5.80. The van der Waals surface area contributed by atoms with Crippen LogP contribution in [0.3, 0.4) is 0 Å². The number of hydrogen-bond donors (Lipinski definition) is 2. The Bertz CT molecular complexity index is 874. The van der Waals surface area contributed by atoms with Gasteiger partial charge in [0.1, 0.15) is 17.5 Å². The monoisotopic (exact) mass is 406 g/mol. The average Bonchev–Trinajstić information content (AvgIpc) is 2.68. The van der Waals surface area contributed by atoms with Gasteiger partial charge in [0, 0.05) is 31.7 Å². The number of rotatable bonds is 6. The second kappa shape index (κ2) is 9.56. The molecule has 0 unspecified atom stereocenters. The minimum atomic E-state index is -0.957. The van der Waals surface area contributed by atoms with Gasteiger partial charge >= 0.3 is 0 Å². The van der Waals surface area contributed by atoms with Crippen LogP contribution in [0.1, 0.15) is 41.3 Å². The SMILES string of the molecule is O=C(CCNC(=O)c1ccc(F)cc1F)N[C@@H]1CCO[C@@H](c2ccc(F)cc2)C1. The summed E-state index contributed by atoms with van der Waals surface area (Å²) in [7, 11) is 0. The largest absolute Gasteiger partial charge is 0.373 e. The van der Waals surface area contributed by atoms with Crippen LogP contribution >= 0.6 is 0 Å². The van der Waals surface area contributed by atoms with Crippen molar-refractivity contribution in [3.8, 4) is 0 Å². The normalized spacial score (nSPS) is 18.9. The first kappa shape index (κ1) is 20.9. The number of hydrogen-bond acceptors (Lipinski definition) is 3. The fourth-order valence-electron chi connectivity index (χ4n) is 3.20. The third-order valence-corrected chi connectivity index (χ3v) is 4.70. The Hall–Kier alpha value is -2.87. The molecule has 0 bridgehead atoms. The molecule has 0 spiro atoms. The predicted molar refractivity (Wildman–Crippen MR) is 99.6 cm³/mol. The zero-order valence-electron chi connectivity index (χ0n) is 15.6. The first-order valence-corrected chi connectivity index (χ1v) is 9.32. The molecule has 2 amide bonds. The molecule has 29 heavy (non-hydrogen) atoms. The second-order valence-electron chi connectivity index (χ2n) is 6.83. The Labute approximate surface area is 166 Å². The summed E-state index contributed by atoms with van der Waals surface area (Å²) in [5, 5.41) is 5.34. The highest BCUT2D eigenvalue weighted by Crippen LogP contribution is 2.28. The Balaban J connectivity index is 1.44. The number of nitrogens with one attached hydrogen (secondary N) is 2. The van der Waals surface area contributed by atoms with E-state index in [1.807, 2.05) is 0 Å². The quantitative estimate of drug-likeness (QED) is 0.774. The van der Waals surface area contributed by atoms with Gasteiger partial charge in [0.2, 0.25) is 5.91 Å².